The minimum atomic E-state index is 0.258. The van der Waals surface area contributed by atoms with Gasteiger partial charge in [0.2, 0.25) is 11.8 Å². The van der Waals surface area contributed by atoms with Gasteiger partial charge in [0.05, 0.1) is 5.75 Å². The van der Waals surface area contributed by atoms with E-state index in [-0.39, 0.29) is 6.79 Å². The van der Waals surface area contributed by atoms with E-state index in [2.05, 4.69) is 15.3 Å². The average molecular weight is 336 g/mol. The molecule has 7 nitrogen and oxygen atoms in total. The van der Waals surface area contributed by atoms with Crippen LogP contribution in [0.5, 0.6) is 17.2 Å². The maximum absolute atomic E-state index is 5.76. The van der Waals surface area contributed by atoms with Gasteiger partial charge in [-0.25, -0.2) is 0 Å². The van der Waals surface area contributed by atoms with Gasteiger partial charge < -0.3 is 14.2 Å². The third-order valence-corrected chi connectivity index (χ3v) is 4.50. The van der Waals surface area contributed by atoms with E-state index in [4.69, 9.17) is 14.2 Å². The molecule has 0 unspecified atom stereocenters. The van der Waals surface area contributed by atoms with Crippen molar-refractivity contribution >= 4 is 28.1 Å². The molecule has 1 aromatic carbocycles. The highest BCUT2D eigenvalue weighted by Gasteiger charge is 2.15. The molecule has 0 spiro atoms. The van der Waals surface area contributed by atoms with Crippen molar-refractivity contribution in [2.45, 2.75) is 12.4 Å². The van der Waals surface area contributed by atoms with Gasteiger partial charge >= 0.3 is 0 Å². The Balaban J connectivity index is 1.49. The summed E-state index contributed by atoms with van der Waals surface area (Å²) in [7, 11) is 0. The van der Waals surface area contributed by atoms with Crippen molar-refractivity contribution in [2.75, 3.05) is 13.0 Å². The molecule has 0 amide bonds. The zero-order chi connectivity index (χ0) is 14.9. The van der Waals surface area contributed by atoms with Crippen LogP contribution in [0, 0.1) is 0 Å². The van der Waals surface area contributed by atoms with Gasteiger partial charge in [-0.15, -0.1) is 10.2 Å². The maximum Gasteiger partial charge on any atom is 0.234 e. The molecule has 2 aromatic heterocycles. The predicted molar refractivity (Wildman–Crippen MR) is 82.8 cm³/mol. The van der Waals surface area contributed by atoms with Crippen LogP contribution in [0.3, 0.4) is 0 Å². The quantitative estimate of drug-likeness (QED) is 0.708. The van der Waals surface area contributed by atoms with Crippen molar-refractivity contribution in [3.05, 3.63) is 29.0 Å². The first-order valence-electron chi connectivity index (χ1n) is 6.55. The van der Waals surface area contributed by atoms with Crippen molar-refractivity contribution in [1.82, 2.24) is 19.8 Å². The Morgan fingerprint density at radius 1 is 1.32 bits per heavy atom. The van der Waals surface area contributed by atoms with Crippen molar-refractivity contribution in [3.8, 4) is 17.2 Å². The van der Waals surface area contributed by atoms with Gasteiger partial charge in [0.1, 0.15) is 12.4 Å². The number of nitrogens with zero attached hydrogens (tertiary/aromatic N) is 4. The third-order valence-electron chi connectivity index (χ3n) is 3.08. The minimum Gasteiger partial charge on any atom is -0.486 e. The first kappa shape index (κ1) is 13.6. The second-order valence-corrected chi connectivity index (χ2v) is 6.45. The van der Waals surface area contributed by atoms with Crippen LogP contribution in [0.15, 0.2) is 18.2 Å². The molecular weight excluding hydrogens is 324 g/mol. The van der Waals surface area contributed by atoms with E-state index >= 15 is 0 Å². The van der Waals surface area contributed by atoms with Crippen LogP contribution in [0.25, 0.3) is 4.96 Å². The molecule has 1 aliphatic heterocycles. The molecule has 22 heavy (non-hydrogen) atoms. The van der Waals surface area contributed by atoms with Crippen LogP contribution >= 0.6 is 23.1 Å². The molecular formula is C13H12N4O3S2. The third kappa shape index (κ3) is 2.46. The predicted octanol–water partition coefficient (Wildman–Crippen LogP) is 2.36. The summed E-state index contributed by atoms with van der Waals surface area (Å²) in [4.78, 5) is 0.785. The second-order valence-electron chi connectivity index (χ2n) is 4.54. The second kappa shape index (κ2) is 5.65. The molecule has 0 fully saturated rings. The average Bonchev–Trinajstić information content (AvgIpc) is 3.21. The van der Waals surface area contributed by atoms with Gasteiger partial charge in [-0.2, -0.15) is 21.4 Å². The first-order chi connectivity index (χ1) is 10.8. The Morgan fingerprint density at radius 2 is 2.23 bits per heavy atom. The molecule has 0 radical (unpaired) electrons. The topological polar surface area (TPSA) is 70.8 Å². The zero-order valence-corrected chi connectivity index (χ0v) is 13.3. The molecule has 0 N–H and O–H groups in total. The Morgan fingerprint density at radius 3 is 3.14 bits per heavy atom. The van der Waals surface area contributed by atoms with Crippen LogP contribution in [-0.2, 0) is 12.4 Å². The number of fused-ring (bicyclic) bond motifs is 2. The molecule has 114 valence electrons. The van der Waals surface area contributed by atoms with E-state index in [0.717, 1.165) is 33.0 Å². The number of hydrogen-bond acceptors (Lipinski definition) is 8. The fourth-order valence-electron chi connectivity index (χ4n) is 2.09. The normalized spacial score (nSPS) is 13.0. The maximum atomic E-state index is 5.76. The molecule has 0 saturated carbocycles. The van der Waals surface area contributed by atoms with Crippen LogP contribution in [0.1, 0.15) is 10.8 Å². The van der Waals surface area contributed by atoms with Crippen LogP contribution in [-0.4, -0.2) is 32.9 Å². The number of thioether (sulfide) groups is 1. The van der Waals surface area contributed by atoms with Gasteiger partial charge in [0.25, 0.3) is 0 Å². The summed E-state index contributed by atoms with van der Waals surface area (Å²) in [6.07, 6.45) is 2.02. The summed E-state index contributed by atoms with van der Waals surface area (Å²) in [5.41, 5.74) is 0. The monoisotopic (exact) mass is 336 g/mol. The van der Waals surface area contributed by atoms with Gasteiger partial charge in [-0.1, -0.05) is 11.3 Å². The van der Waals surface area contributed by atoms with Gasteiger partial charge in [-0.3, -0.25) is 0 Å². The van der Waals surface area contributed by atoms with Crippen molar-refractivity contribution in [2.24, 2.45) is 0 Å². The Labute approximate surface area is 134 Å². The van der Waals surface area contributed by atoms with E-state index in [1.807, 2.05) is 24.5 Å². The highest BCUT2D eigenvalue weighted by atomic mass is 32.2. The van der Waals surface area contributed by atoms with Crippen molar-refractivity contribution < 1.29 is 14.2 Å². The fraction of sp³-hybridized carbons (Fsp3) is 0.308. The Bertz CT molecular complexity index is 817. The van der Waals surface area contributed by atoms with Gasteiger partial charge in [0.15, 0.2) is 22.3 Å². The number of ether oxygens (including phenoxy) is 3. The summed E-state index contributed by atoms with van der Waals surface area (Å²) >= 11 is 3.17. The smallest absolute Gasteiger partial charge is 0.234 e. The van der Waals surface area contributed by atoms with Crippen LogP contribution in [0.2, 0.25) is 0 Å². The van der Waals surface area contributed by atoms with Crippen molar-refractivity contribution in [1.29, 1.82) is 0 Å². The van der Waals surface area contributed by atoms with E-state index in [9.17, 15) is 0 Å². The highest BCUT2D eigenvalue weighted by Crippen LogP contribution is 2.35. The number of aromatic nitrogens is 4. The van der Waals surface area contributed by atoms with Gasteiger partial charge in [-0.05, 0) is 18.4 Å². The minimum absolute atomic E-state index is 0.258. The summed E-state index contributed by atoms with van der Waals surface area (Å²) in [6.45, 7) is 0.639. The largest absolute Gasteiger partial charge is 0.486 e. The first-order valence-corrected chi connectivity index (χ1v) is 8.76. The Kier molecular flexibility index (Phi) is 3.51. The SMILES string of the molecule is CSCc1nnc2sc(COc3ccc4c(c3)OCO4)nn12. The lowest BCUT2D eigenvalue weighted by atomic mass is 10.3. The fourth-order valence-corrected chi connectivity index (χ4v) is 3.29. The molecule has 0 atom stereocenters. The zero-order valence-electron chi connectivity index (χ0n) is 11.7. The number of benzene rings is 1. The molecule has 1 aliphatic rings. The number of rotatable bonds is 5. The molecule has 3 aromatic rings. The van der Waals surface area contributed by atoms with E-state index in [1.165, 1.54) is 11.3 Å². The summed E-state index contributed by atoms with van der Waals surface area (Å²) in [6, 6.07) is 5.52. The molecule has 0 bridgehead atoms. The Hall–Kier alpha value is -2.00. The summed E-state index contributed by atoms with van der Waals surface area (Å²) in [5.74, 6) is 3.81. The molecule has 4 rings (SSSR count). The molecule has 0 saturated heterocycles. The number of hydrogen-bond donors (Lipinski definition) is 0. The summed E-state index contributed by atoms with van der Waals surface area (Å²) in [5, 5.41) is 13.6. The molecule has 0 aliphatic carbocycles. The van der Waals surface area contributed by atoms with E-state index in [1.54, 1.807) is 16.3 Å². The lowest BCUT2D eigenvalue weighted by Gasteiger charge is -2.04. The lowest BCUT2D eigenvalue weighted by Crippen LogP contribution is -1.98. The van der Waals surface area contributed by atoms with Crippen molar-refractivity contribution in [3.63, 3.8) is 0 Å². The lowest BCUT2D eigenvalue weighted by molar-refractivity contribution is 0.173. The van der Waals surface area contributed by atoms with Crippen LogP contribution in [0.4, 0.5) is 0 Å². The molecule has 3 heterocycles. The van der Waals surface area contributed by atoms with Gasteiger partial charge in [0, 0.05) is 6.07 Å². The standard InChI is InChI=1S/C13H12N4O3S2/c1-21-6-11-14-15-13-17(11)16-12(22-13)5-18-8-2-3-9-10(4-8)20-7-19-9/h2-4H,5-7H2,1H3. The van der Waals surface area contributed by atoms with E-state index in [0.29, 0.717) is 12.4 Å². The molecule has 9 heteroatoms. The van der Waals surface area contributed by atoms with Crippen LogP contribution < -0.4 is 14.2 Å². The summed E-state index contributed by atoms with van der Waals surface area (Å²) < 4.78 is 18.1. The van der Waals surface area contributed by atoms with E-state index < -0.39 is 0 Å². The highest BCUT2D eigenvalue weighted by molar-refractivity contribution is 7.97.